The Bertz CT molecular complexity index is 950. The zero-order chi connectivity index (χ0) is 21.8. The van der Waals surface area contributed by atoms with Crippen LogP contribution in [0.4, 0.5) is 0 Å². The standard InChI is InChI=1S/C25H33NO5/c1-23(2,3)13-30-17-11-25(29)18-10-15-6-7-16(27)21-19(15)24(25,22(31-21)20(17)28)8-9-26(18)12-14-4-5-14/h6-7,14,17-18,22,27,29H,4-5,8-13H2,1-3H3/t17-,18-,22+,24+,25-/m1/s1. The van der Waals surface area contributed by atoms with E-state index in [1.54, 1.807) is 6.07 Å². The van der Waals surface area contributed by atoms with Crippen molar-refractivity contribution in [1.29, 1.82) is 0 Å². The lowest BCUT2D eigenvalue weighted by molar-refractivity contribution is -0.211. The van der Waals surface area contributed by atoms with Gasteiger partial charge in [-0.05, 0) is 55.2 Å². The molecule has 2 bridgehead atoms. The molecule has 5 aliphatic rings. The first-order valence-corrected chi connectivity index (χ1v) is 11.8. The Labute approximate surface area is 183 Å². The summed E-state index contributed by atoms with van der Waals surface area (Å²) in [4.78, 5) is 16.1. The molecule has 31 heavy (non-hydrogen) atoms. The van der Waals surface area contributed by atoms with Gasteiger partial charge >= 0.3 is 0 Å². The van der Waals surface area contributed by atoms with Crippen LogP contribution in [0.15, 0.2) is 12.1 Å². The number of aliphatic hydroxyl groups is 1. The van der Waals surface area contributed by atoms with Gasteiger partial charge in [0.2, 0.25) is 5.78 Å². The highest BCUT2D eigenvalue weighted by molar-refractivity contribution is 5.93. The molecule has 5 atom stereocenters. The van der Waals surface area contributed by atoms with Crippen LogP contribution in [0, 0.1) is 11.3 Å². The van der Waals surface area contributed by atoms with E-state index in [0.717, 1.165) is 30.1 Å². The second kappa shape index (κ2) is 6.24. The van der Waals surface area contributed by atoms with Gasteiger partial charge in [0.25, 0.3) is 0 Å². The number of rotatable bonds is 4. The van der Waals surface area contributed by atoms with Crippen molar-refractivity contribution in [2.45, 2.75) is 82.1 Å². The molecule has 0 aromatic heterocycles. The van der Waals surface area contributed by atoms with Gasteiger partial charge in [0.15, 0.2) is 17.6 Å². The van der Waals surface area contributed by atoms with Crippen molar-refractivity contribution in [3.05, 3.63) is 23.3 Å². The van der Waals surface area contributed by atoms with Crippen LogP contribution in [-0.4, -0.2) is 64.4 Å². The molecule has 2 heterocycles. The number of ketones is 1. The van der Waals surface area contributed by atoms with Gasteiger partial charge in [-0.15, -0.1) is 0 Å². The van der Waals surface area contributed by atoms with Crippen LogP contribution < -0.4 is 4.74 Å². The van der Waals surface area contributed by atoms with Gasteiger partial charge in [-0.25, -0.2) is 0 Å². The van der Waals surface area contributed by atoms with Gasteiger partial charge in [0.05, 0.1) is 17.6 Å². The Hall–Kier alpha value is -1.63. The van der Waals surface area contributed by atoms with Crippen molar-refractivity contribution in [3.63, 3.8) is 0 Å². The Morgan fingerprint density at radius 3 is 2.77 bits per heavy atom. The number of carbonyl (C=O) groups excluding carboxylic acids is 1. The van der Waals surface area contributed by atoms with Crippen molar-refractivity contribution in [1.82, 2.24) is 4.90 Å². The summed E-state index contributed by atoms with van der Waals surface area (Å²) in [6.45, 7) is 8.54. The van der Waals surface area contributed by atoms with Crippen molar-refractivity contribution >= 4 is 5.78 Å². The number of benzene rings is 1. The minimum Gasteiger partial charge on any atom is -0.504 e. The van der Waals surface area contributed by atoms with Gasteiger partial charge < -0.3 is 19.7 Å². The fraction of sp³-hybridized carbons (Fsp3) is 0.720. The SMILES string of the molecule is CC(C)(C)CO[C@@H]1C[C@@]2(O)[C@H]3Cc4ccc(O)c5c4[C@@]2(CCN3CC2CC2)[C@@H](O5)C1=O. The van der Waals surface area contributed by atoms with Gasteiger partial charge in [-0.1, -0.05) is 26.8 Å². The van der Waals surface area contributed by atoms with Gasteiger partial charge in [0.1, 0.15) is 6.10 Å². The molecule has 1 saturated heterocycles. The van der Waals surface area contributed by atoms with Crippen molar-refractivity contribution in [2.24, 2.45) is 11.3 Å². The Morgan fingerprint density at radius 1 is 1.29 bits per heavy atom. The molecule has 1 aromatic rings. The molecule has 1 spiro atoms. The van der Waals surface area contributed by atoms with Crippen LogP contribution in [0.3, 0.4) is 0 Å². The molecule has 2 N–H and O–H groups in total. The highest BCUT2D eigenvalue weighted by atomic mass is 16.5. The van der Waals surface area contributed by atoms with Crippen LogP contribution in [0.5, 0.6) is 11.5 Å². The first-order chi connectivity index (χ1) is 14.6. The third-order valence-electron chi connectivity index (χ3n) is 8.30. The maximum atomic E-state index is 13.6. The predicted molar refractivity (Wildman–Crippen MR) is 114 cm³/mol. The second-order valence-corrected chi connectivity index (χ2v) is 11.7. The second-order valence-electron chi connectivity index (χ2n) is 11.7. The molecule has 6 nitrogen and oxygen atoms in total. The maximum absolute atomic E-state index is 13.6. The highest BCUT2D eigenvalue weighted by Gasteiger charge is 2.75. The number of nitrogens with zero attached hydrogens (tertiary/aromatic N) is 1. The van der Waals surface area contributed by atoms with Gasteiger partial charge in [-0.3, -0.25) is 9.69 Å². The zero-order valence-electron chi connectivity index (χ0n) is 18.7. The number of ether oxygens (including phenoxy) is 2. The molecule has 6 heteroatoms. The predicted octanol–water partition coefficient (Wildman–Crippen LogP) is 2.57. The molecule has 0 amide bonds. The van der Waals surface area contributed by atoms with Crippen molar-refractivity contribution in [2.75, 3.05) is 19.7 Å². The number of phenols is 1. The maximum Gasteiger partial charge on any atom is 0.203 e. The average molecular weight is 428 g/mol. The minimum atomic E-state index is -1.12. The third kappa shape index (κ3) is 2.64. The van der Waals surface area contributed by atoms with E-state index in [4.69, 9.17) is 9.47 Å². The summed E-state index contributed by atoms with van der Waals surface area (Å²) in [5.74, 6) is 1.10. The molecule has 3 aliphatic carbocycles. The van der Waals surface area contributed by atoms with E-state index >= 15 is 0 Å². The number of hydrogen-bond donors (Lipinski definition) is 2. The fourth-order valence-electron chi connectivity index (χ4n) is 6.75. The number of hydrogen-bond acceptors (Lipinski definition) is 6. The molecule has 3 fully saturated rings. The van der Waals surface area contributed by atoms with E-state index < -0.39 is 23.2 Å². The summed E-state index contributed by atoms with van der Waals surface area (Å²) in [6.07, 6.45) is 2.71. The van der Waals surface area contributed by atoms with E-state index in [-0.39, 0.29) is 23.0 Å². The van der Waals surface area contributed by atoms with Crippen LogP contribution in [-0.2, 0) is 21.4 Å². The number of Topliss-reactive ketones (excluding diaryl/α,β-unsaturated/α-hetero) is 1. The molecule has 6 rings (SSSR count). The fourth-order valence-corrected chi connectivity index (χ4v) is 6.75. The lowest BCUT2D eigenvalue weighted by Gasteiger charge is -2.63. The lowest BCUT2D eigenvalue weighted by atomic mass is 9.48. The summed E-state index contributed by atoms with van der Waals surface area (Å²) in [6, 6.07) is 3.57. The van der Waals surface area contributed by atoms with Crippen LogP contribution in [0.1, 0.15) is 57.6 Å². The van der Waals surface area contributed by atoms with E-state index in [0.29, 0.717) is 31.6 Å². The van der Waals surface area contributed by atoms with Crippen molar-refractivity contribution < 1.29 is 24.5 Å². The molecule has 1 aromatic carbocycles. The lowest BCUT2D eigenvalue weighted by Crippen LogP contribution is -2.78. The summed E-state index contributed by atoms with van der Waals surface area (Å²) in [7, 11) is 0. The number of phenolic OH excluding ortho intramolecular Hbond substituents is 1. The van der Waals surface area contributed by atoms with E-state index in [9.17, 15) is 15.0 Å². The third-order valence-corrected chi connectivity index (χ3v) is 8.30. The number of likely N-dealkylation sites (tertiary alicyclic amines) is 1. The Morgan fingerprint density at radius 2 is 2.06 bits per heavy atom. The first kappa shape index (κ1) is 20.0. The Kier molecular flexibility index (Phi) is 4.03. The molecule has 2 aliphatic heterocycles. The summed E-state index contributed by atoms with van der Waals surface area (Å²) in [5.41, 5.74) is -0.00771. The van der Waals surface area contributed by atoms with Gasteiger partial charge in [0, 0.05) is 24.6 Å². The number of carbonyl (C=O) groups is 1. The van der Waals surface area contributed by atoms with Crippen LogP contribution >= 0.6 is 0 Å². The summed E-state index contributed by atoms with van der Waals surface area (Å²) in [5, 5.41) is 23.1. The number of aromatic hydroxyl groups is 1. The quantitative estimate of drug-likeness (QED) is 0.769. The Balaban J connectivity index is 1.47. The average Bonchev–Trinajstić information content (AvgIpc) is 3.43. The van der Waals surface area contributed by atoms with E-state index in [1.807, 2.05) is 6.07 Å². The number of piperidine rings is 1. The molecule has 168 valence electrons. The molecule has 0 unspecified atom stereocenters. The van der Waals surface area contributed by atoms with E-state index in [2.05, 4.69) is 25.7 Å². The minimum absolute atomic E-state index is 0.0590. The molecular formula is C25H33NO5. The molecule has 2 saturated carbocycles. The molecule has 0 radical (unpaired) electrons. The van der Waals surface area contributed by atoms with Crippen molar-refractivity contribution in [3.8, 4) is 11.5 Å². The topological polar surface area (TPSA) is 79.2 Å². The van der Waals surface area contributed by atoms with Crippen LogP contribution in [0.2, 0.25) is 0 Å². The largest absolute Gasteiger partial charge is 0.504 e. The summed E-state index contributed by atoms with van der Waals surface area (Å²) >= 11 is 0. The smallest absolute Gasteiger partial charge is 0.203 e. The first-order valence-electron chi connectivity index (χ1n) is 11.8. The van der Waals surface area contributed by atoms with Gasteiger partial charge in [-0.2, -0.15) is 0 Å². The van der Waals surface area contributed by atoms with E-state index in [1.165, 1.54) is 12.8 Å². The van der Waals surface area contributed by atoms with Crippen LogP contribution in [0.25, 0.3) is 0 Å². The molecular weight excluding hydrogens is 394 g/mol. The summed E-state index contributed by atoms with van der Waals surface area (Å²) < 4.78 is 12.4. The highest BCUT2D eigenvalue weighted by Crippen LogP contribution is 2.65. The normalized spacial score (nSPS) is 38.7. The zero-order valence-corrected chi connectivity index (χ0v) is 18.7. The monoisotopic (exact) mass is 427 g/mol.